The van der Waals surface area contributed by atoms with E-state index in [1.54, 1.807) is 0 Å². The highest BCUT2D eigenvalue weighted by Gasteiger charge is 2.06. The summed E-state index contributed by atoms with van der Waals surface area (Å²) in [7, 11) is 0. The summed E-state index contributed by atoms with van der Waals surface area (Å²) in [5, 5.41) is 5.39. The van der Waals surface area contributed by atoms with Gasteiger partial charge in [0.25, 0.3) is 0 Å². The number of benzene rings is 3. The van der Waals surface area contributed by atoms with Crippen molar-refractivity contribution in [2.75, 3.05) is 11.9 Å². The predicted octanol–water partition coefficient (Wildman–Crippen LogP) is 4.13. The number of ketones is 1. The molecule has 0 fully saturated rings. The van der Waals surface area contributed by atoms with Crippen molar-refractivity contribution in [2.45, 2.75) is 0 Å². The summed E-state index contributed by atoms with van der Waals surface area (Å²) in [4.78, 5) is 12.2. The number of nitrogens with one attached hydrogen (secondary N) is 1. The molecule has 0 unspecified atom stereocenters. The van der Waals surface area contributed by atoms with Crippen LogP contribution in [0, 0.1) is 0 Å². The van der Waals surface area contributed by atoms with Crippen molar-refractivity contribution in [1.82, 2.24) is 0 Å². The van der Waals surface area contributed by atoms with Crippen LogP contribution in [0.25, 0.3) is 10.8 Å². The molecular weight excluding hydrogens is 246 g/mol. The highest BCUT2D eigenvalue weighted by atomic mass is 16.1. The minimum Gasteiger partial charge on any atom is -0.378 e. The Bertz CT molecular complexity index is 735. The Morgan fingerprint density at radius 2 is 1.50 bits per heavy atom. The number of rotatable bonds is 4. The van der Waals surface area contributed by atoms with Gasteiger partial charge in [-0.15, -0.1) is 0 Å². The van der Waals surface area contributed by atoms with E-state index in [1.807, 2.05) is 72.8 Å². The van der Waals surface area contributed by atoms with E-state index in [-0.39, 0.29) is 5.78 Å². The van der Waals surface area contributed by atoms with Crippen LogP contribution in [-0.2, 0) is 0 Å². The Morgan fingerprint density at radius 3 is 2.30 bits per heavy atom. The zero-order valence-corrected chi connectivity index (χ0v) is 11.0. The topological polar surface area (TPSA) is 29.1 Å². The number of hydrogen-bond acceptors (Lipinski definition) is 2. The molecule has 0 aliphatic heterocycles. The molecule has 2 heteroatoms. The Morgan fingerprint density at radius 1 is 0.800 bits per heavy atom. The van der Waals surface area contributed by atoms with Gasteiger partial charge in [0.2, 0.25) is 0 Å². The molecule has 3 rings (SSSR count). The van der Waals surface area contributed by atoms with Crippen molar-refractivity contribution in [3.63, 3.8) is 0 Å². The van der Waals surface area contributed by atoms with Crippen LogP contribution in [0.15, 0.2) is 72.8 Å². The van der Waals surface area contributed by atoms with Crippen molar-refractivity contribution in [2.24, 2.45) is 0 Å². The molecule has 20 heavy (non-hydrogen) atoms. The highest BCUT2D eigenvalue weighted by molar-refractivity contribution is 6.02. The zero-order chi connectivity index (χ0) is 13.8. The first-order valence-corrected chi connectivity index (χ1v) is 6.64. The summed E-state index contributed by atoms with van der Waals surface area (Å²) in [6.45, 7) is 0.308. The van der Waals surface area contributed by atoms with Crippen molar-refractivity contribution < 1.29 is 4.79 Å². The van der Waals surface area contributed by atoms with E-state index >= 15 is 0 Å². The lowest BCUT2D eigenvalue weighted by molar-refractivity contribution is 0.101. The monoisotopic (exact) mass is 261 g/mol. The molecule has 0 atom stereocenters. The van der Waals surface area contributed by atoms with Gasteiger partial charge in [0.15, 0.2) is 5.78 Å². The molecule has 0 amide bonds. The van der Waals surface area contributed by atoms with E-state index < -0.39 is 0 Å². The third-order valence-corrected chi connectivity index (χ3v) is 3.30. The van der Waals surface area contributed by atoms with E-state index in [2.05, 4.69) is 5.32 Å². The fraction of sp³-hybridized carbons (Fsp3) is 0.0556. The van der Waals surface area contributed by atoms with Gasteiger partial charge in [-0.25, -0.2) is 0 Å². The van der Waals surface area contributed by atoms with Crippen LogP contribution in [-0.4, -0.2) is 12.3 Å². The van der Waals surface area contributed by atoms with Gasteiger partial charge in [0.1, 0.15) is 0 Å². The summed E-state index contributed by atoms with van der Waals surface area (Å²) in [5.41, 5.74) is 1.70. The van der Waals surface area contributed by atoms with Crippen molar-refractivity contribution >= 4 is 22.2 Å². The average Bonchev–Trinajstić information content (AvgIpc) is 2.53. The molecule has 3 aromatic rings. The maximum Gasteiger partial charge on any atom is 0.181 e. The first kappa shape index (κ1) is 12.4. The molecule has 0 aromatic heterocycles. The molecule has 98 valence electrons. The van der Waals surface area contributed by atoms with Crippen molar-refractivity contribution in [1.29, 1.82) is 0 Å². The quantitative estimate of drug-likeness (QED) is 0.715. The van der Waals surface area contributed by atoms with Gasteiger partial charge >= 0.3 is 0 Å². The molecule has 2 nitrogen and oxygen atoms in total. The van der Waals surface area contributed by atoms with Gasteiger partial charge in [0.05, 0.1) is 6.54 Å². The SMILES string of the molecule is O=C(CNc1ccccc1)c1ccc2ccccc2c1. The van der Waals surface area contributed by atoms with Gasteiger partial charge in [-0.3, -0.25) is 4.79 Å². The van der Waals surface area contributed by atoms with Crippen LogP contribution in [0.3, 0.4) is 0 Å². The molecule has 0 bridgehead atoms. The Kier molecular flexibility index (Phi) is 3.46. The summed E-state index contributed by atoms with van der Waals surface area (Å²) in [6, 6.07) is 23.6. The number of carbonyl (C=O) groups excluding carboxylic acids is 1. The molecule has 0 radical (unpaired) electrons. The first-order valence-electron chi connectivity index (χ1n) is 6.64. The van der Waals surface area contributed by atoms with Crippen LogP contribution >= 0.6 is 0 Å². The maximum absolute atomic E-state index is 12.2. The number of carbonyl (C=O) groups is 1. The Hall–Kier alpha value is -2.61. The van der Waals surface area contributed by atoms with Crippen LogP contribution in [0.2, 0.25) is 0 Å². The third-order valence-electron chi connectivity index (χ3n) is 3.30. The molecule has 1 N–H and O–H groups in total. The van der Waals surface area contributed by atoms with E-state index in [9.17, 15) is 4.79 Å². The average molecular weight is 261 g/mol. The second-order valence-electron chi connectivity index (χ2n) is 4.70. The van der Waals surface area contributed by atoms with Gasteiger partial charge < -0.3 is 5.32 Å². The second-order valence-corrected chi connectivity index (χ2v) is 4.70. The lowest BCUT2D eigenvalue weighted by Crippen LogP contribution is -2.13. The molecule has 0 heterocycles. The fourth-order valence-electron chi connectivity index (χ4n) is 2.20. The van der Waals surface area contributed by atoms with E-state index in [0.717, 1.165) is 22.0 Å². The number of Topliss-reactive ketones (excluding diaryl/α,β-unsaturated/α-hetero) is 1. The molecule has 0 saturated carbocycles. The normalized spacial score (nSPS) is 10.4. The predicted molar refractivity (Wildman–Crippen MR) is 83.2 cm³/mol. The third kappa shape index (κ3) is 2.69. The number of fused-ring (bicyclic) bond motifs is 1. The first-order chi connectivity index (χ1) is 9.83. The summed E-state index contributed by atoms with van der Waals surface area (Å²) >= 11 is 0. The highest BCUT2D eigenvalue weighted by Crippen LogP contribution is 2.16. The van der Waals surface area contributed by atoms with Crippen LogP contribution < -0.4 is 5.32 Å². The molecule has 0 aliphatic carbocycles. The molecule has 0 spiro atoms. The van der Waals surface area contributed by atoms with E-state index in [1.165, 1.54) is 0 Å². The molecular formula is C18H15NO. The minimum atomic E-state index is 0.0969. The summed E-state index contributed by atoms with van der Waals surface area (Å²) < 4.78 is 0. The van der Waals surface area contributed by atoms with Crippen LogP contribution in [0.5, 0.6) is 0 Å². The fourth-order valence-corrected chi connectivity index (χ4v) is 2.20. The summed E-state index contributed by atoms with van der Waals surface area (Å²) in [5.74, 6) is 0.0969. The number of anilines is 1. The van der Waals surface area contributed by atoms with E-state index in [0.29, 0.717) is 6.54 Å². The number of para-hydroxylation sites is 1. The van der Waals surface area contributed by atoms with Gasteiger partial charge in [-0.1, -0.05) is 54.6 Å². The summed E-state index contributed by atoms with van der Waals surface area (Å²) in [6.07, 6.45) is 0. The van der Waals surface area contributed by atoms with Crippen molar-refractivity contribution in [3.8, 4) is 0 Å². The second kappa shape index (κ2) is 5.57. The number of hydrogen-bond donors (Lipinski definition) is 1. The smallest absolute Gasteiger partial charge is 0.181 e. The minimum absolute atomic E-state index is 0.0969. The maximum atomic E-state index is 12.2. The molecule has 3 aromatic carbocycles. The van der Waals surface area contributed by atoms with E-state index in [4.69, 9.17) is 0 Å². The Balaban J connectivity index is 1.75. The lowest BCUT2D eigenvalue weighted by Gasteiger charge is -2.06. The Labute approximate surface area is 118 Å². The molecule has 0 saturated heterocycles. The van der Waals surface area contributed by atoms with Gasteiger partial charge in [-0.2, -0.15) is 0 Å². The largest absolute Gasteiger partial charge is 0.378 e. The van der Waals surface area contributed by atoms with Gasteiger partial charge in [-0.05, 0) is 29.0 Å². The molecule has 0 aliphatic rings. The van der Waals surface area contributed by atoms with Gasteiger partial charge in [0, 0.05) is 11.3 Å². The van der Waals surface area contributed by atoms with Crippen molar-refractivity contribution in [3.05, 3.63) is 78.4 Å². The lowest BCUT2D eigenvalue weighted by atomic mass is 10.0. The standard InChI is InChI=1S/C18H15NO/c20-18(13-19-17-8-2-1-3-9-17)16-11-10-14-6-4-5-7-15(14)12-16/h1-12,19H,13H2. The zero-order valence-electron chi connectivity index (χ0n) is 11.0. The van der Waals surface area contributed by atoms with Crippen LogP contribution in [0.1, 0.15) is 10.4 Å². The van der Waals surface area contributed by atoms with Crippen LogP contribution in [0.4, 0.5) is 5.69 Å².